The molecule has 0 radical (unpaired) electrons. The fourth-order valence-corrected chi connectivity index (χ4v) is 2.24. The van der Waals surface area contributed by atoms with Crippen LogP contribution in [0, 0.1) is 0 Å². The van der Waals surface area contributed by atoms with Crippen LogP contribution in [0.5, 0.6) is 5.75 Å². The van der Waals surface area contributed by atoms with Crippen LogP contribution < -0.4 is 10.1 Å². The van der Waals surface area contributed by atoms with E-state index in [1.807, 2.05) is 12.1 Å². The molecule has 7 heteroatoms. The maximum absolute atomic E-state index is 12.0. The molecule has 120 valence electrons. The van der Waals surface area contributed by atoms with Gasteiger partial charge in [-0.05, 0) is 56.3 Å². The van der Waals surface area contributed by atoms with Crippen molar-refractivity contribution in [2.24, 2.45) is 0 Å². The molecule has 0 aliphatic heterocycles. The predicted octanol–water partition coefficient (Wildman–Crippen LogP) is 4.97. The van der Waals surface area contributed by atoms with Crippen LogP contribution in [-0.2, 0) is 6.54 Å². The molecule has 0 bridgehead atoms. The molecule has 21 heavy (non-hydrogen) atoms. The van der Waals surface area contributed by atoms with E-state index < -0.39 is 5.51 Å². The molecule has 0 saturated heterocycles. The van der Waals surface area contributed by atoms with Crippen LogP contribution in [0.1, 0.15) is 26.3 Å². The van der Waals surface area contributed by atoms with Gasteiger partial charge in [-0.3, -0.25) is 0 Å². The maximum atomic E-state index is 12.0. The first kappa shape index (κ1) is 18.6. The first-order valence-electron chi connectivity index (χ1n) is 6.44. The van der Waals surface area contributed by atoms with Crippen molar-refractivity contribution >= 4 is 27.7 Å². The van der Waals surface area contributed by atoms with Gasteiger partial charge in [0.2, 0.25) is 0 Å². The van der Waals surface area contributed by atoms with E-state index in [1.165, 1.54) is 0 Å². The third kappa shape index (κ3) is 8.58. The lowest BCUT2D eigenvalue weighted by Crippen LogP contribution is -2.35. The van der Waals surface area contributed by atoms with E-state index in [2.05, 4.69) is 42.0 Å². The Balaban J connectivity index is 2.53. The summed E-state index contributed by atoms with van der Waals surface area (Å²) >= 11 is 3.38. The van der Waals surface area contributed by atoms with E-state index in [1.54, 1.807) is 6.07 Å². The van der Waals surface area contributed by atoms with Crippen molar-refractivity contribution in [3.63, 3.8) is 0 Å². The molecular weight excluding hydrogens is 367 g/mol. The average molecular weight is 386 g/mol. The van der Waals surface area contributed by atoms with Gasteiger partial charge in [-0.1, -0.05) is 15.9 Å². The molecule has 1 N–H and O–H groups in total. The second-order valence-corrected chi connectivity index (χ2v) is 7.51. The van der Waals surface area contributed by atoms with Crippen LogP contribution in [-0.4, -0.2) is 23.4 Å². The zero-order valence-corrected chi connectivity index (χ0v) is 14.6. The molecule has 0 fully saturated rings. The Labute approximate surface area is 136 Å². The topological polar surface area (TPSA) is 21.3 Å². The minimum atomic E-state index is -4.20. The van der Waals surface area contributed by atoms with Gasteiger partial charge in [0.25, 0.3) is 0 Å². The van der Waals surface area contributed by atoms with Crippen molar-refractivity contribution < 1.29 is 17.9 Å². The molecule has 0 aliphatic carbocycles. The van der Waals surface area contributed by atoms with Crippen LogP contribution in [0.3, 0.4) is 0 Å². The van der Waals surface area contributed by atoms with Gasteiger partial charge in [-0.15, -0.1) is 0 Å². The lowest BCUT2D eigenvalue weighted by Gasteiger charge is -2.21. The van der Waals surface area contributed by atoms with Crippen LogP contribution >= 0.6 is 27.7 Å². The van der Waals surface area contributed by atoms with Crippen molar-refractivity contribution in [2.45, 2.75) is 38.4 Å². The van der Waals surface area contributed by atoms with E-state index in [0.29, 0.717) is 12.3 Å². The fourth-order valence-electron chi connectivity index (χ4n) is 1.45. The van der Waals surface area contributed by atoms with E-state index in [-0.39, 0.29) is 29.7 Å². The highest BCUT2D eigenvalue weighted by Crippen LogP contribution is 2.30. The summed E-state index contributed by atoms with van der Waals surface area (Å²) in [7, 11) is 0. The molecule has 1 aromatic rings. The first-order valence-corrected chi connectivity index (χ1v) is 8.22. The number of hydrogen-bond donors (Lipinski definition) is 1. The summed E-state index contributed by atoms with van der Waals surface area (Å²) in [4.78, 5) is 0. The smallest absolute Gasteiger partial charge is 0.441 e. The Morgan fingerprint density at radius 1 is 1.24 bits per heavy atom. The molecule has 0 spiro atoms. The lowest BCUT2D eigenvalue weighted by atomic mass is 10.1. The van der Waals surface area contributed by atoms with Gasteiger partial charge >= 0.3 is 5.51 Å². The number of nitrogens with one attached hydrogen (secondary N) is 1. The van der Waals surface area contributed by atoms with E-state index in [4.69, 9.17) is 4.74 Å². The Morgan fingerprint density at radius 3 is 2.48 bits per heavy atom. The van der Waals surface area contributed by atoms with Gasteiger partial charge in [0.15, 0.2) is 0 Å². The molecule has 0 amide bonds. The van der Waals surface area contributed by atoms with Crippen LogP contribution in [0.2, 0.25) is 0 Å². The summed E-state index contributed by atoms with van der Waals surface area (Å²) < 4.78 is 42.3. The molecular formula is C14H19BrF3NOS. The standard InChI is InChI=1S/C14H19BrF3NOS/c1-13(2,3)19-9-10-8-11(4-5-12(10)15)20-6-7-21-14(16,17)18/h4-5,8,19H,6-7,9H2,1-3H3. The Hall–Kier alpha value is -0.400. The van der Waals surface area contributed by atoms with Gasteiger partial charge in [0.1, 0.15) is 5.75 Å². The lowest BCUT2D eigenvalue weighted by molar-refractivity contribution is -0.0329. The first-order chi connectivity index (χ1) is 9.57. The summed E-state index contributed by atoms with van der Waals surface area (Å²) in [5.41, 5.74) is -3.21. The highest BCUT2D eigenvalue weighted by atomic mass is 79.9. The third-order valence-corrected chi connectivity index (χ3v) is 3.92. The largest absolute Gasteiger partial charge is 0.493 e. The fraction of sp³-hybridized carbons (Fsp3) is 0.571. The minimum absolute atomic E-state index is 0.0142. The minimum Gasteiger partial charge on any atom is -0.493 e. The Kier molecular flexibility index (Phi) is 6.87. The molecule has 0 heterocycles. The molecule has 1 aromatic carbocycles. The predicted molar refractivity (Wildman–Crippen MR) is 84.7 cm³/mol. The van der Waals surface area contributed by atoms with E-state index in [0.717, 1.165) is 10.0 Å². The van der Waals surface area contributed by atoms with Crippen molar-refractivity contribution in [3.8, 4) is 5.75 Å². The summed E-state index contributed by atoms with van der Waals surface area (Å²) in [5.74, 6) is 0.460. The van der Waals surface area contributed by atoms with Gasteiger partial charge < -0.3 is 10.1 Å². The second-order valence-electron chi connectivity index (χ2n) is 5.50. The number of benzene rings is 1. The molecule has 2 nitrogen and oxygen atoms in total. The highest BCUT2D eigenvalue weighted by molar-refractivity contribution is 9.10. The van der Waals surface area contributed by atoms with Crippen molar-refractivity contribution in [1.82, 2.24) is 5.32 Å². The van der Waals surface area contributed by atoms with Crippen LogP contribution in [0.15, 0.2) is 22.7 Å². The number of hydrogen-bond acceptors (Lipinski definition) is 3. The molecule has 0 aromatic heterocycles. The molecule has 0 unspecified atom stereocenters. The van der Waals surface area contributed by atoms with Crippen LogP contribution in [0.4, 0.5) is 13.2 Å². The summed E-state index contributed by atoms with van der Waals surface area (Å²) in [6.07, 6.45) is 0. The number of rotatable bonds is 6. The second kappa shape index (κ2) is 7.74. The zero-order valence-electron chi connectivity index (χ0n) is 12.2. The summed E-state index contributed by atoms with van der Waals surface area (Å²) in [6, 6.07) is 5.41. The van der Waals surface area contributed by atoms with Crippen molar-refractivity contribution in [1.29, 1.82) is 0 Å². The van der Waals surface area contributed by atoms with Gasteiger partial charge in [-0.25, -0.2) is 0 Å². The highest BCUT2D eigenvalue weighted by Gasteiger charge is 2.27. The zero-order chi connectivity index (χ0) is 16.1. The van der Waals surface area contributed by atoms with Gasteiger partial charge in [-0.2, -0.15) is 13.2 Å². The third-order valence-electron chi connectivity index (χ3n) is 2.44. The summed E-state index contributed by atoms with van der Waals surface area (Å²) in [5, 5.41) is 3.35. The molecule has 1 rings (SSSR count). The Bertz CT molecular complexity index is 461. The average Bonchev–Trinajstić information content (AvgIpc) is 2.32. The molecule has 0 aliphatic rings. The SMILES string of the molecule is CC(C)(C)NCc1cc(OCCSC(F)(F)F)ccc1Br. The number of thioether (sulfide) groups is 1. The molecule has 0 saturated carbocycles. The molecule has 0 atom stereocenters. The van der Waals surface area contributed by atoms with Crippen molar-refractivity contribution in [2.75, 3.05) is 12.4 Å². The monoisotopic (exact) mass is 385 g/mol. The number of halogens is 4. The van der Waals surface area contributed by atoms with Gasteiger partial charge in [0.05, 0.1) is 6.61 Å². The quantitative estimate of drug-likeness (QED) is 0.698. The number of ether oxygens (including phenoxy) is 1. The normalized spacial score (nSPS) is 12.5. The van der Waals surface area contributed by atoms with Gasteiger partial charge in [0, 0.05) is 22.3 Å². The Morgan fingerprint density at radius 2 is 1.90 bits per heavy atom. The van der Waals surface area contributed by atoms with E-state index in [9.17, 15) is 13.2 Å². The summed E-state index contributed by atoms with van der Waals surface area (Å²) in [6.45, 7) is 6.87. The van der Waals surface area contributed by atoms with Crippen molar-refractivity contribution in [3.05, 3.63) is 28.2 Å². The van der Waals surface area contributed by atoms with E-state index >= 15 is 0 Å². The maximum Gasteiger partial charge on any atom is 0.441 e. The number of alkyl halides is 3. The van der Waals surface area contributed by atoms with Crippen LogP contribution in [0.25, 0.3) is 0 Å².